The van der Waals surface area contributed by atoms with Crippen LogP contribution in [0.2, 0.25) is 0 Å². The highest BCUT2D eigenvalue weighted by Gasteiger charge is 2.35. The third kappa shape index (κ3) is 5.44. The number of allylic oxidation sites excluding steroid dienone is 7. The van der Waals surface area contributed by atoms with Gasteiger partial charge < -0.3 is 15.7 Å². The van der Waals surface area contributed by atoms with Crippen LogP contribution >= 0.6 is 0 Å². The van der Waals surface area contributed by atoms with E-state index in [2.05, 4.69) is 10.6 Å². The first-order chi connectivity index (χ1) is 21.8. The Morgan fingerprint density at radius 3 is 1.67 bits per heavy atom. The van der Waals surface area contributed by atoms with Crippen LogP contribution in [0.15, 0.2) is 139 Å². The number of Topliss-reactive ketones (excluding diaryl/α,β-unsaturated/α-hetero) is 3. The quantitative estimate of drug-likeness (QED) is 0.164. The number of benzene rings is 4. The fourth-order valence-electron chi connectivity index (χ4n) is 5.18. The molecule has 0 saturated heterocycles. The van der Waals surface area contributed by atoms with Crippen molar-refractivity contribution in [2.75, 3.05) is 10.6 Å². The van der Waals surface area contributed by atoms with Gasteiger partial charge in [-0.15, -0.1) is 0 Å². The molecule has 2 aliphatic rings. The number of fused-ring (bicyclic) bond motifs is 2. The van der Waals surface area contributed by atoms with Crippen LogP contribution in [0.3, 0.4) is 0 Å². The highest BCUT2D eigenvalue weighted by atomic mass is 16.3. The normalized spacial score (nSPS) is 14.8. The van der Waals surface area contributed by atoms with Crippen LogP contribution in [0, 0.1) is 0 Å². The second kappa shape index (κ2) is 12.1. The molecule has 0 radical (unpaired) electrons. The van der Waals surface area contributed by atoms with E-state index >= 15 is 0 Å². The van der Waals surface area contributed by atoms with Crippen molar-refractivity contribution in [3.05, 3.63) is 172 Å². The van der Waals surface area contributed by atoms with Crippen molar-refractivity contribution in [2.24, 2.45) is 0 Å². The molecule has 0 aliphatic heterocycles. The summed E-state index contributed by atoms with van der Waals surface area (Å²) >= 11 is 0. The number of hydrogen-bond donors (Lipinski definition) is 2. The lowest BCUT2D eigenvalue weighted by atomic mass is 10.1. The number of carbonyl (C=O) groups is 5. The average Bonchev–Trinajstić information content (AvgIpc) is 3.46. The SMILES string of the molecule is O=C(Nc1cccc2c1C(=O)C(=CC=CC=CC1=C([O-])c3c(NC(=O)c4ccccc4)cccc3C1=O)C2=O)c1ccccc1. The lowest BCUT2D eigenvalue weighted by Gasteiger charge is -2.15. The number of carbonyl (C=O) groups excluding carboxylic acids is 5. The summed E-state index contributed by atoms with van der Waals surface area (Å²) in [6.07, 6.45) is 7.11. The Morgan fingerprint density at radius 2 is 1.09 bits per heavy atom. The van der Waals surface area contributed by atoms with Crippen molar-refractivity contribution in [3.63, 3.8) is 0 Å². The van der Waals surface area contributed by atoms with E-state index in [1.54, 1.807) is 84.9 Å². The first kappa shape index (κ1) is 28.7. The largest absolute Gasteiger partial charge is 0.871 e. The maximum Gasteiger partial charge on any atom is 0.255 e. The van der Waals surface area contributed by atoms with Crippen LogP contribution in [0.1, 0.15) is 57.4 Å². The molecule has 0 saturated carbocycles. The fraction of sp³-hybridized carbons (Fsp3) is 0. The predicted octanol–water partition coefficient (Wildman–Crippen LogP) is 5.58. The topological polar surface area (TPSA) is 132 Å². The standard InChI is InChI=1S/C37H24N2O6/c40-32-24-18-10-20-28(38-36(44)22-12-4-1-5-13-22)30(24)34(42)26(32)16-8-3-9-17-27-33(41)25-19-11-21-29(31(25)35(27)43)39-37(45)23-14-6-2-7-15-23/h1-21,42H,(H,38,44)(H,39,45)/p-1. The van der Waals surface area contributed by atoms with E-state index in [-0.39, 0.29) is 44.8 Å². The summed E-state index contributed by atoms with van der Waals surface area (Å²) in [5.74, 6) is -2.82. The summed E-state index contributed by atoms with van der Waals surface area (Å²) in [4.78, 5) is 64.6. The van der Waals surface area contributed by atoms with Crippen LogP contribution in [0.4, 0.5) is 11.4 Å². The molecule has 0 atom stereocenters. The molecule has 4 aromatic carbocycles. The Balaban J connectivity index is 1.19. The van der Waals surface area contributed by atoms with Crippen LogP contribution in [-0.2, 0) is 0 Å². The molecule has 8 heteroatoms. The van der Waals surface area contributed by atoms with Gasteiger partial charge in [-0.25, -0.2) is 0 Å². The smallest absolute Gasteiger partial charge is 0.255 e. The number of ketones is 3. The summed E-state index contributed by atoms with van der Waals surface area (Å²) in [5.41, 5.74) is 1.74. The molecule has 4 aromatic rings. The highest BCUT2D eigenvalue weighted by molar-refractivity contribution is 6.41. The third-order valence-corrected chi connectivity index (χ3v) is 7.37. The fourth-order valence-corrected chi connectivity index (χ4v) is 5.18. The molecule has 0 unspecified atom stereocenters. The number of anilines is 2. The Bertz CT molecular complexity index is 2040. The summed E-state index contributed by atoms with van der Waals surface area (Å²) in [5, 5.41) is 18.6. The molecule has 2 amide bonds. The summed E-state index contributed by atoms with van der Waals surface area (Å²) in [7, 11) is 0. The van der Waals surface area contributed by atoms with Crippen molar-refractivity contribution in [3.8, 4) is 0 Å². The molecule has 2 N–H and O–H groups in total. The van der Waals surface area contributed by atoms with Gasteiger partial charge in [0.2, 0.25) is 0 Å². The zero-order valence-electron chi connectivity index (χ0n) is 23.6. The second-order valence-corrected chi connectivity index (χ2v) is 10.2. The van der Waals surface area contributed by atoms with Crippen molar-refractivity contribution in [1.29, 1.82) is 0 Å². The summed E-state index contributed by atoms with van der Waals surface area (Å²) in [6.45, 7) is 0. The monoisotopic (exact) mass is 591 g/mol. The molecule has 6 rings (SSSR count). The van der Waals surface area contributed by atoms with Gasteiger partial charge in [-0.05, 0) is 42.5 Å². The lowest BCUT2D eigenvalue weighted by molar-refractivity contribution is -0.243. The number of nitrogens with one attached hydrogen (secondary N) is 2. The molecule has 0 aromatic heterocycles. The van der Waals surface area contributed by atoms with Gasteiger partial charge in [0.25, 0.3) is 11.8 Å². The maximum atomic E-state index is 13.2. The van der Waals surface area contributed by atoms with Crippen molar-refractivity contribution >= 4 is 46.3 Å². The van der Waals surface area contributed by atoms with E-state index < -0.39 is 34.9 Å². The molecule has 2 aliphatic carbocycles. The van der Waals surface area contributed by atoms with E-state index in [0.29, 0.717) is 11.1 Å². The van der Waals surface area contributed by atoms with Gasteiger partial charge in [-0.1, -0.05) is 90.7 Å². The first-order valence-corrected chi connectivity index (χ1v) is 13.9. The minimum absolute atomic E-state index is 0.0806. The van der Waals surface area contributed by atoms with Crippen LogP contribution in [0.5, 0.6) is 0 Å². The molecular weight excluding hydrogens is 568 g/mol. The molecule has 218 valence electrons. The zero-order valence-corrected chi connectivity index (χ0v) is 23.6. The van der Waals surface area contributed by atoms with Crippen molar-refractivity contribution < 1.29 is 29.1 Å². The lowest BCUT2D eigenvalue weighted by Crippen LogP contribution is -2.14. The number of rotatable bonds is 7. The predicted molar refractivity (Wildman–Crippen MR) is 168 cm³/mol. The van der Waals surface area contributed by atoms with Gasteiger partial charge in [0, 0.05) is 39.1 Å². The molecule has 0 spiro atoms. The van der Waals surface area contributed by atoms with Crippen molar-refractivity contribution in [1.82, 2.24) is 0 Å². The number of hydrogen-bond acceptors (Lipinski definition) is 6. The molecule has 0 fully saturated rings. The second-order valence-electron chi connectivity index (χ2n) is 10.2. The zero-order chi connectivity index (χ0) is 31.5. The van der Waals surface area contributed by atoms with Crippen LogP contribution in [-0.4, -0.2) is 29.2 Å². The Morgan fingerprint density at radius 1 is 0.556 bits per heavy atom. The highest BCUT2D eigenvalue weighted by Crippen LogP contribution is 2.36. The Kier molecular flexibility index (Phi) is 7.69. The molecule has 0 bridgehead atoms. The van der Waals surface area contributed by atoms with Gasteiger partial charge >= 0.3 is 0 Å². The first-order valence-electron chi connectivity index (χ1n) is 13.9. The Labute approximate surface area is 257 Å². The van der Waals surface area contributed by atoms with E-state index in [9.17, 15) is 29.1 Å². The third-order valence-electron chi connectivity index (χ3n) is 7.37. The van der Waals surface area contributed by atoms with E-state index in [1.807, 2.05) is 0 Å². The van der Waals surface area contributed by atoms with Crippen molar-refractivity contribution in [2.45, 2.75) is 0 Å². The van der Waals surface area contributed by atoms with Gasteiger partial charge in [-0.3, -0.25) is 24.0 Å². The van der Waals surface area contributed by atoms with Gasteiger partial charge in [-0.2, -0.15) is 0 Å². The van der Waals surface area contributed by atoms with E-state index in [1.165, 1.54) is 42.5 Å². The van der Waals surface area contributed by atoms with Gasteiger partial charge in [0.1, 0.15) is 0 Å². The minimum Gasteiger partial charge on any atom is -0.871 e. The van der Waals surface area contributed by atoms with E-state index in [0.717, 1.165) is 0 Å². The minimum atomic E-state index is -0.524. The van der Waals surface area contributed by atoms with Crippen LogP contribution in [0.25, 0.3) is 5.76 Å². The molecule has 8 nitrogen and oxygen atoms in total. The molecule has 45 heavy (non-hydrogen) atoms. The molecular formula is C37H23N2O6-. The van der Waals surface area contributed by atoms with Crippen LogP contribution < -0.4 is 15.7 Å². The summed E-state index contributed by atoms with van der Waals surface area (Å²) < 4.78 is 0. The Hall–Kier alpha value is -6.41. The van der Waals surface area contributed by atoms with Gasteiger partial charge in [0.15, 0.2) is 17.3 Å². The summed E-state index contributed by atoms with van der Waals surface area (Å²) in [6, 6.07) is 26.4. The van der Waals surface area contributed by atoms with Gasteiger partial charge in [0.05, 0.1) is 16.8 Å². The molecule has 0 heterocycles. The maximum absolute atomic E-state index is 13.2. The number of amides is 2. The van der Waals surface area contributed by atoms with E-state index in [4.69, 9.17) is 0 Å². The average molecular weight is 592 g/mol.